The van der Waals surface area contributed by atoms with Crippen LogP contribution in [0, 0.1) is 0 Å². The van der Waals surface area contributed by atoms with Crippen LogP contribution in [0.15, 0.2) is 40.8 Å². The molecule has 2 aromatic rings. The van der Waals surface area contributed by atoms with Gasteiger partial charge in [-0.05, 0) is 42.5 Å². The Labute approximate surface area is 177 Å². The maximum Gasteiger partial charge on any atom is 0.158 e. The van der Waals surface area contributed by atoms with Crippen LogP contribution >= 0.6 is 11.6 Å². The number of ketones is 1. The number of ether oxygens (including phenoxy) is 2. The van der Waals surface area contributed by atoms with Crippen molar-refractivity contribution in [2.45, 2.75) is 36.9 Å². The molecular formula is C21H23ClO8. The Balaban J connectivity index is 1.64. The van der Waals surface area contributed by atoms with Crippen LogP contribution in [0.5, 0.6) is 5.75 Å². The minimum Gasteiger partial charge on any atom is -0.495 e. The average Bonchev–Trinajstić information content (AvgIpc) is 3.21. The van der Waals surface area contributed by atoms with E-state index in [9.17, 15) is 25.2 Å². The molecular weight excluding hydrogens is 416 g/mol. The molecule has 3 rings (SSSR count). The molecule has 30 heavy (non-hydrogen) atoms. The van der Waals surface area contributed by atoms with Gasteiger partial charge in [0.1, 0.15) is 41.7 Å². The monoisotopic (exact) mass is 438 g/mol. The number of hydrogen-bond acceptors (Lipinski definition) is 8. The number of carbonyl (C=O) groups excluding carboxylic acids is 1. The SMILES string of the molecule is COc1ccc(-c2ccc(/C=C/C(=O)C[C@@H]3O[C@H](CO)[C@H](O)[C@H](O)[C@H]3O)o2)cc1Cl. The van der Waals surface area contributed by atoms with E-state index in [4.69, 9.17) is 25.5 Å². The molecule has 2 heterocycles. The second kappa shape index (κ2) is 9.74. The first-order valence-electron chi connectivity index (χ1n) is 9.29. The fourth-order valence-electron chi connectivity index (χ4n) is 3.21. The summed E-state index contributed by atoms with van der Waals surface area (Å²) in [5.74, 6) is 1.15. The highest BCUT2D eigenvalue weighted by molar-refractivity contribution is 6.32. The minimum absolute atomic E-state index is 0.237. The molecule has 1 aromatic carbocycles. The van der Waals surface area contributed by atoms with Gasteiger partial charge < -0.3 is 34.3 Å². The molecule has 9 heteroatoms. The molecule has 0 aliphatic carbocycles. The summed E-state index contributed by atoms with van der Waals surface area (Å²) >= 11 is 6.13. The summed E-state index contributed by atoms with van der Waals surface area (Å²) in [6.07, 6.45) is -4.01. The fourth-order valence-corrected chi connectivity index (χ4v) is 3.46. The number of allylic oxidation sites excluding steroid dienone is 1. The Bertz CT molecular complexity index is 906. The van der Waals surface area contributed by atoms with Crippen LogP contribution in [0.25, 0.3) is 17.4 Å². The third-order valence-corrected chi connectivity index (χ3v) is 5.19. The van der Waals surface area contributed by atoms with Gasteiger partial charge in [0.05, 0.1) is 24.8 Å². The molecule has 1 saturated heterocycles. The van der Waals surface area contributed by atoms with E-state index in [1.54, 1.807) is 30.3 Å². The minimum atomic E-state index is -1.51. The maximum absolute atomic E-state index is 12.2. The lowest BCUT2D eigenvalue weighted by Gasteiger charge is -2.39. The zero-order chi connectivity index (χ0) is 21.8. The largest absolute Gasteiger partial charge is 0.495 e. The number of furan rings is 1. The smallest absolute Gasteiger partial charge is 0.158 e. The summed E-state index contributed by atoms with van der Waals surface area (Å²) < 4.78 is 16.2. The van der Waals surface area contributed by atoms with Crippen LogP contribution in [-0.4, -0.2) is 70.4 Å². The molecule has 1 fully saturated rings. The van der Waals surface area contributed by atoms with E-state index in [0.29, 0.717) is 22.3 Å². The number of rotatable bonds is 7. The summed E-state index contributed by atoms with van der Waals surface area (Å²) in [6, 6.07) is 8.64. The fraction of sp³-hybridized carbons (Fsp3) is 0.381. The quantitative estimate of drug-likeness (QED) is 0.478. The zero-order valence-electron chi connectivity index (χ0n) is 16.1. The van der Waals surface area contributed by atoms with Gasteiger partial charge in [0.15, 0.2) is 5.78 Å². The molecule has 0 amide bonds. The van der Waals surface area contributed by atoms with E-state index in [1.807, 2.05) is 0 Å². The summed E-state index contributed by atoms with van der Waals surface area (Å²) in [6.45, 7) is -0.546. The van der Waals surface area contributed by atoms with Gasteiger partial charge in [-0.1, -0.05) is 11.6 Å². The number of hydrogen-bond donors (Lipinski definition) is 4. The van der Waals surface area contributed by atoms with Crippen molar-refractivity contribution in [1.29, 1.82) is 0 Å². The number of aliphatic hydroxyl groups excluding tert-OH is 4. The lowest BCUT2D eigenvalue weighted by molar-refractivity contribution is -0.229. The van der Waals surface area contributed by atoms with Gasteiger partial charge >= 0.3 is 0 Å². The van der Waals surface area contributed by atoms with E-state index < -0.39 is 37.1 Å². The van der Waals surface area contributed by atoms with E-state index in [2.05, 4.69) is 0 Å². The molecule has 162 valence electrons. The molecule has 0 unspecified atom stereocenters. The Kier molecular flexibility index (Phi) is 7.30. The van der Waals surface area contributed by atoms with Gasteiger partial charge in [-0.15, -0.1) is 0 Å². The van der Waals surface area contributed by atoms with Crippen molar-refractivity contribution in [1.82, 2.24) is 0 Å². The standard InChI is InChI=1S/C21H23ClO8/c1-28-16-6-2-11(8-14(16)22)15-7-5-13(29-15)4-3-12(24)9-17-19(25)21(27)20(26)18(10-23)30-17/h2-8,17-21,23,25-27H,9-10H2,1H3/b4-3+/t17-,18+,19-,20-,21+/m0/s1. The average molecular weight is 439 g/mol. The van der Waals surface area contributed by atoms with Crippen molar-refractivity contribution in [2.75, 3.05) is 13.7 Å². The van der Waals surface area contributed by atoms with Crippen LogP contribution in [0.3, 0.4) is 0 Å². The lowest BCUT2D eigenvalue weighted by Crippen LogP contribution is -2.58. The van der Waals surface area contributed by atoms with Gasteiger partial charge in [-0.25, -0.2) is 0 Å². The second-order valence-electron chi connectivity index (χ2n) is 6.92. The van der Waals surface area contributed by atoms with E-state index in [0.717, 1.165) is 5.56 Å². The number of benzene rings is 1. The molecule has 1 aromatic heterocycles. The first-order valence-corrected chi connectivity index (χ1v) is 9.67. The zero-order valence-corrected chi connectivity index (χ0v) is 16.9. The molecule has 0 saturated carbocycles. The van der Waals surface area contributed by atoms with Crippen LogP contribution in [-0.2, 0) is 9.53 Å². The molecule has 0 bridgehead atoms. The Morgan fingerprint density at radius 1 is 1.13 bits per heavy atom. The Morgan fingerprint density at radius 3 is 2.53 bits per heavy atom. The van der Waals surface area contributed by atoms with Crippen molar-refractivity contribution in [3.8, 4) is 17.1 Å². The summed E-state index contributed by atoms with van der Waals surface area (Å²) in [5, 5.41) is 39.2. The highest BCUT2D eigenvalue weighted by Gasteiger charge is 2.43. The highest BCUT2D eigenvalue weighted by Crippen LogP contribution is 2.31. The molecule has 8 nitrogen and oxygen atoms in total. The summed E-state index contributed by atoms with van der Waals surface area (Å²) in [5.41, 5.74) is 0.744. The predicted octanol–water partition coefficient (Wildman–Crippen LogP) is 1.42. The molecule has 4 N–H and O–H groups in total. The number of methoxy groups -OCH3 is 1. The first kappa shape index (κ1) is 22.5. The van der Waals surface area contributed by atoms with Gasteiger partial charge in [0.2, 0.25) is 0 Å². The lowest BCUT2D eigenvalue weighted by atomic mass is 9.92. The third kappa shape index (κ3) is 4.92. The van der Waals surface area contributed by atoms with Gasteiger partial charge in [-0.3, -0.25) is 4.79 Å². The van der Waals surface area contributed by atoms with Crippen LogP contribution < -0.4 is 4.74 Å². The second-order valence-corrected chi connectivity index (χ2v) is 7.33. The van der Waals surface area contributed by atoms with Gasteiger partial charge in [0, 0.05) is 12.0 Å². The van der Waals surface area contributed by atoms with Crippen LogP contribution in [0.4, 0.5) is 0 Å². The molecule has 1 aliphatic heterocycles. The number of halogens is 1. The molecule has 0 radical (unpaired) electrons. The number of carbonyl (C=O) groups is 1. The van der Waals surface area contributed by atoms with E-state index in [1.165, 1.54) is 19.3 Å². The van der Waals surface area contributed by atoms with Crippen LogP contribution in [0.1, 0.15) is 12.2 Å². The van der Waals surface area contributed by atoms with Crippen molar-refractivity contribution in [3.05, 3.63) is 47.2 Å². The van der Waals surface area contributed by atoms with Gasteiger partial charge in [0.25, 0.3) is 0 Å². The van der Waals surface area contributed by atoms with Crippen molar-refractivity contribution in [2.24, 2.45) is 0 Å². The molecule has 1 aliphatic rings. The summed E-state index contributed by atoms with van der Waals surface area (Å²) in [7, 11) is 1.53. The van der Waals surface area contributed by atoms with E-state index >= 15 is 0 Å². The van der Waals surface area contributed by atoms with Crippen molar-refractivity contribution >= 4 is 23.5 Å². The van der Waals surface area contributed by atoms with E-state index in [-0.39, 0.29) is 12.2 Å². The summed E-state index contributed by atoms with van der Waals surface area (Å²) in [4.78, 5) is 12.2. The number of aliphatic hydroxyl groups is 4. The van der Waals surface area contributed by atoms with Gasteiger partial charge in [-0.2, -0.15) is 0 Å². The molecule has 5 atom stereocenters. The predicted molar refractivity (Wildman–Crippen MR) is 108 cm³/mol. The van der Waals surface area contributed by atoms with Crippen molar-refractivity contribution in [3.63, 3.8) is 0 Å². The first-order chi connectivity index (χ1) is 14.3. The third-order valence-electron chi connectivity index (χ3n) is 4.89. The van der Waals surface area contributed by atoms with Crippen LogP contribution in [0.2, 0.25) is 5.02 Å². The highest BCUT2D eigenvalue weighted by atomic mass is 35.5. The Morgan fingerprint density at radius 2 is 1.87 bits per heavy atom. The van der Waals surface area contributed by atoms with Crippen molar-refractivity contribution < 1.29 is 39.1 Å². The molecule has 0 spiro atoms. The normalized spacial score (nSPS) is 26.8. The topological polar surface area (TPSA) is 130 Å². The maximum atomic E-state index is 12.2. The Hall–Kier alpha value is -2.20.